The lowest BCUT2D eigenvalue weighted by Crippen LogP contribution is -2.09. The van der Waals surface area contributed by atoms with Gasteiger partial charge in [0.15, 0.2) is 0 Å². The molecule has 13 rings (SSSR count). The number of anilines is 3. The highest BCUT2D eigenvalue weighted by molar-refractivity contribution is 7.27. The number of hydrogen-bond acceptors (Lipinski definition) is 3. The van der Waals surface area contributed by atoms with E-state index in [1.54, 1.807) is 0 Å². The van der Waals surface area contributed by atoms with Crippen molar-refractivity contribution < 1.29 is 0 Å². The van der Waals surface area contributed by atoms with Crippen LogP contribution in [0.15, 0.2) is 218 Å². The fraction of sp³-hybridized carbons (Fsp3) is 0. The average Bonchev–Trinajstić information content (AvgIpc) is 4.02. The molecule has 0 radical (unpaired) electrons. The van der Waals surface area contributed by atoms with Crippen LogP contribution in [-0.2, 0) is 0 Å². The third-order valence-electron chi connectivity index (χ3n) is 12.6. The molecule has 0 fully saturated rings. The summed E-state index contributed by atoms with van der Waals surface area (Å²) in [5, 5.41) is 10.5. The average molecular weight is 825 g/mol. The van der Waals surface area contributed by atoms with Gasteiger partial charge in [-0.1, -0.05) is 140 Å². The summed E-state index contributed by atoms with van der Waals surface area (Å²) in [6.07, 6.45) is 0. The van der Waals surface area contributed by atoms with Crippen LogP contribution in [0, 0.1) is 0 Å². The molecular formula is C58H36N2S2. The van der Waals surface area contributed by atoms with Crippen LogP contribution in [0.3, 0.4) is 0 Å². The molecule has 3 aromatic heterocycles. The largest absolute Gasteiger partial charge is 0.310 e. The van der Waals surface area contributed by atoms with Gasteiger partial charge in [-0.3, -0.25) is 0 Å². The molecular weight excluding hydrogens is 789 g/mol. The van der Waals surface area contributed by atoms with Crippen molar-refractivity contribution in [3.63, 3.8) is 0 Å². The van der Waals surface area contributed by atoms with Crippen molar-refractivity contribution in [1.82, 2.24) is 4.57 Å². The van der Waals surface area contributed by atoms with Gasteiger partial charge in [-0.2, -0.15) is 0 Å². The van der Waals surface area contributed by atoms with Gasteiger partial charge in [0.1, 0.15) is 0 Å². The first kappa shape index (κ1) is 35.3. The van der Waals surface area contributed by atoms with Gasteiger partial charge in [0.25, 0.3) is 0 Å². The molecule has 0 saturated heterocycles. The Morgan fingerprint density at radius 2 is 0.871 bits per heavy atom. The molecule has 0 N–H and O–H groups in total. The van der Waals surface area contributed by atoms with Gasteiger partial charge >= 0.3 is 0 Å². The lowest BCUT2D eigenvalue weighted by Gasteiger charge is -2.26. The SMILES string of the molecule is c1ccc(-c2ccc(N(c3ccc(-c4ccc(-n5c6ccc7c8ccccc8sc7c6c6c7c(ccc65)sc5ccccc57)cc4)cc3)c3ccc4ccccc4c3)cc2)cc1. The molecule has 0 aliphatic carbocycles. The van der Waals surface area contributed by atoms with E-state index in [9.17, 15) is 0 Å². The molecule has 0 bridgehead atoms. The molecule has 290 valence electrons. The number of fused-ring (bicyclic) bond motifs is 12. The zero-order chi connectivity index (χ0) is 40.7. The van der Waals surface area contributed by atoms with E-state index >= 15 is 0 Å². The Kier molecular flexibility index (Phi) is 7.99. The van der Waals surface area contributed by atoms with E-state index in [1.807, 2.05) is 22.7 Å². The molecule has 0 amide bonds. The van der Waals surface area contributed by atoms with Crippen LogP contribution in [0.5, 0.6) is 0 Å². The Labute approximate surface area is 366 Å². The molecule has 0 atom stereocenters. The van der Waals surface area contributed by atoms with Crippen LogP contribution in [0.2, 0.25) is 0 Å². The molecule has 0 saturated carbocycles. The van der Waals surface area contributed by atoms with Gasteiger partial charge in [0.05, 0.1) is 11.0 Å². The maximum absolute atomic E-state index is 2.48. The topological polar surface area (TPSA) is 8.17 Å². The summed E-state index contributed by atoms with van der Waals surface area (Å²) in [5.41, 5.74) is 11.8. The Bertz CT molecular complexity index is 3840. The predicted molar refractivity (Wildman–Crippen MR) is 270 cm³/mol. The maximum Gasteiger partial charge on any atom is 0.0556 e. The number of rotatable bonds is 6. The molecule has 0 spiro atoms. The first-order valence-corrected chi connectivity index (χ1v) is 22.7. The van der Waals surface area contributed by atoms with Gasteiger partial charge in [-0.05, 0) is 112 Å². The minimum atomic E-state index is 1.11. The third kappa shape index (κ3) is 5.54. The van der Waals surface area contributed by atoms with Crippen LogP contribution in [0.1, 0.15) is 0 Å². The second kappa shape index (κ2) is 14.0. The fourth-order valence-corrected chi connectivity index (χ4v) is 12.0. The van der Waals surface area contributed by atoms with Crippen molar-refractivity contribution >= 4 is 113 Å². The predicted octanol–water partition coefficient (Wildman–Crippen LogP) is 17.5. The van der Waals surface area contributed by atoms with E-state index in [1.165, 1.54) is 95.2 Å². The second-order valence-electron chi connectivity index (χ2n) is 16.1. The molecule has 3 heterocycles. The van der Waals surface area contributed by atoms with Crippen molar-refractivity contribution in [1.29, 1.82) is 0 Å². The molecule has 10 aromatic carbocycles. The van der Waals surface area contributed by atoms with Crippen molar-refractivity contribution in [3.05, 3.63) is 218 Å². The van der Waals surface area contributed by atoms with Gasteiger partial charge in [-0.25, -0.2) is 0 Å². The van der Waals surface area contributed by atoms with Crippen LogP contribution >= 0.6 is 22.7 Å². The summed E-state index contributed by atoms with van der Waals surface area (Å²) in [6.45, 7) is 0. The molecule has 2 nitrogen and oxygen atoms in total. The van der Waals surface area contributed by atoms with E-state index in [0.717, 1.165) is 22.7 Å². The normalized spacial score (nSPS) is 11.9. The second-order valence-corrected chi connectivity index (χ2v) is 18.2. The Morgan fingerprint density at radius 1 is 0.323 bits per heavy atom. The monoisotopic (exact) mass is 824 g/mol. The van der Waals surface area contributed by atoms with Gasteiger partial charge in [0.2, 0.25) is 0 Å². The zero-order valence-corrected chi connectivity index (χ0v) is 35.1. The van der Waals surface area contributed by atoms with Crippen molar-refractivity contribution in [2.24, 2.45) is 0 Å². The van der Waals surface area contributed by atoms with Crippen LogP contribution < -0.4 is 4.90 Å². The van der Waals surface area contributed by atoms with Crippen molar-refractivity contribution in [2.75, 3.05) is 4.90 Å². The lowest BCUT2D eigenvalue weighted by molar-refractivity contribution is 1.18. The van der Waals surface area contributed by atoms with E-state index in [-0.39, 0.29) is 0 Å². The minimum Gasteiger partial charge on any atom is -0.310 e. The van der Waals surface area contributed by atoms with E-state index in [0.29, 0.717) is 0 Å². The highest BCUT2D eigenvalue weighted by Crippen LogP contribution is 2.48. The van der Waals surface area contributed by atoms with E-state index in [2.05, 4.69) is 228 Å². The summed E-state index contributed by atoms with van der Waals surface area (Å²) >= 11 is 3.81. The van der Waals surface area contributed by atoms with Gasteiger partial charge in [-0.15, -0.1) is 22.7 Å². The highest BCUT2D eigenvalue weighted by atomic mass is 32.1. The number of nitrogens with zero attached hydrogens (tertiary/aromatic N) is 2. The lowest BCUT2D eigenvalue weighted by atomic mass is 10.0. The zero-order valence-electron chi connectivity index (χ0n) is 33.5. The van der Waals surface area contributed by atoms with Gasteiger partial charge < -0.3 is 9.47 Å². The third-order valence-corrected chi connectivity index (χ3v) is 14.9. The number of hydrogen-bond donors (Lipinski definition) is 0. The first-order chi connectivity index (χ1) is 30.7. The molecule has 4 heteroatoms. The Balaban J connectivity index is 0.915. The number of thiophene rings is 2. The molecule has 0 aliphatic rings. The first-order valence-electron chi connectivity index (χ1n) is 21.1. The summed E-state index contributed by atoms with van der Waals surface area (Å²) < 4.78 is 7.83. The molecule has 0 aliphatic heterocycles. The number of benzene rings is 10. The van der Waals surface area contributed by atoms with Crippen LogP contribution in [0.25, 0.3) is 101 Å². The summed E-state index contributed by atoms with van der Waals surface area (Å²) in [6, 6.07) is 80.1. The number of aromatic nitrogens is 1. The smallest absolute Gasteiger partial charge is 0.0556 e. The van der Waals surface area contributed by atoms with Gasteiger partial charge in [0, 0.05) is 73.9 Å². The van der Waals surface area contributed by atoms with Crippen molar-refractivity contribution in [3.8, 4) is 27.9 Å². The standard InChI is InChI=1S/C58H36N2S2/c1-2-10-37(11-3-1)39-18-25-43(26-19-39)59(46-31-24-38-12-4-5-13-42(38)36-46)44-27-20-40(21-28-44)41-22-29-45(30-23-41)60-50-34-35-54-55(49-15-7-9-17-53(49)61-54)56(50)57-51(60)33-32-48-47-14-6-8-16-52(47)62-58(48)57/h1-36H. The molecule has 0 unspecified atom stereocenters. The summed E-state index contributed by atoms with van der Waals surface area (Å²) in [5.74, 6) is 0. The highest BCUT2D eigenvalue weighted by Gasteiger charge is 2.22. The fourth-order valence-electron chi connectivity index (χ4n) is 9.66. The maximum atomic E-state index is 2.48. The Hall–Kier alpha value is -7.50. The van der Waals surface area contributed by atoms with Crippen LogP contribution in [-0.4, -0.2) is 4.57 Å². The van der Waals surface area contributed by atoms with Crippen LogP contribution in [0.4, 0.5) is 17.1 Å². The quantitative estimate of drug-likeness (QED) is 0.162. The summed E-state index contributed by atoms with van der Waals surface area (Å²) in [4.78, 5) is 2.36. The minimum absolute atomic E-state index is 1.11. The van der Waals surface area contributed by atoms with E-state index < -0.39 is 0 Å². The van der Waals surface area contributed by atoms with Crippen molar-refractivity contribution in [2.45, 2.75) is 0 Å². The molecule has 13 aromatic rings. The Morgan fingerprint density at radius 3 is 1.60 bits per heavy atom. The summed E-state index contributed by atoms with van der Waals surface area (Å²) in [7, 11) is 0. The van der Waals surface area contributed by atoms with E-state index in [4.69, 9.17) is 0 Å². The molecule has 62 heavy (non-hydrogen) atoms.